The van der Waals surface area contributed by atoms with Crippen LogP contribution in [-0.4, -0.2) is 93.0 Å². The Morgan fingerprint density at radius 2 is 1.73 bits per heavy atom. The molecule has 3 saturated heterocycles. The molecule has 4 aliphatic carbocycles. The first-order valence-corrected chi connectivity index (χ1v) is 16.1. The van der Waals surface area contributed by atoms with Gasteiger partial charge in [0, 0.05) is 29.6 Å². The van der Waals surface area contributed by atoms with E-state index >= 15 is 0 Å². The minimum absolute atomic E-state index is 0.114. The Kier molecular flexibility index (Phi) is 6.88. The van der Waals surface area contributed by atoms with Gasteiger partial charge in [-0.05, 0) is 62.2 Å². The highest BCUT2D eigenvalue weighted by molar-refractivity contribution is 5.30. The largest absolute Gasteiger partial charge is 0.393 e. The van der Waals surface area contributed by atoms with E-state index in [1.54, 1.807) is 0 Å². The normalized spacial score (nSPS) is 60.2. The first-order chi connectivity index (χ1) is 19.3. The lowest BCUT2D eigenvalue weighted by Gasteiger charge is -2.61. The fourth-order valence-corrected chi connectivity index (χ4v) is 10.9. The van der Waals surface area contributed by atoms with Crippen LogP contribution in [0.5, 0.6) is 0 Å². The summed E-state index contributed by atoms with van der Waals surface area (Å²) in [7, 11) is 0. The van der Waals surface area contributed by atoms with Crippen molar-refractivity contribution in [3.8, 4) is 0 Å². The van der Waals surface area contributed by atoms with Gasteiger partial charge in [-0.3, -0.25) is 0 Å². The molecule has 6 fully saturated rings. The van der Waals surface area contributed by atoms with Gasteiger partial charge >= 0.3 is 0 Å². The third kappa shape index (κ3) is 3.86. The molecule has 7 aliphatic rings. The van der Waals surface area contributed by atoms with Gasteiger partial charge in [-0.15, -0.1) is 0 Å². The highest BCUT2D eigenvalue weighted by Crippen LogP contribution is 2.72. The maximum absolute atomic E-state index is 12.6. The molecule has 3 aliphatic heterocycles. The third-order valence-corrected chi connectivity index (χ3v) is 13.4. The summed E-state index contributed by atoms with van der Waals surface area (Å²) in [5.74, 6) is 0.563. The summed E-state index contributed by atoms with van der Waals surface area (Å²) < 4.78 is 25.3. The Hall–Kier alpha value is -0.620. The first-order valence-electron chi connectivity index (χ1n) is 16.1. The summed E-state index contributed by atoms with van der Waals surface area (Å²) in [6.45, 7) is 9.43. The Labute approximate surface area is 243 Å². The topological polar surface area (TPSA) is 138 Å². The summed E-state index contributed by atoms with van der Waals surface area (Å²) in [5.41, 5.74) is -0.445. The average molecular weight is 579 g/mol. The Bertz CT molecular complexity index is 1060. The number of aliphatic hydroxyl groups excluding tert-OH is 4. The van der Waals surface area contributed by atoms with E-state index in [0.29, 0.717) is 31.3 Å². The second kappa shape index (κ2) is 9.69. The molecule has 0 aromatic rings. The zero-order valence-electron chi connectivity index (χ0n) is 24.9. The minimum Gasteiger partial charge on any atom is -0.393 e. The van der Waals surface area contributed by atoms with Crippen molar-refractivity contribution in [2.24, 2.45) is 40.4 Å². The van der Waals surface area contributed by atoms with E-state index < -0.39 is 48.2 Å². The highest BCUT2D eigenvalue weighted by atomic mass is 16.7. The molecule has 7 rings (SSSR count). The predicted octanol–water partition coefficient (Wildman–Crippen LogP) is 2.26. The van der Waals surface area contributed by atoms with Crippen LogP contribution in [0.1, 0.15) is 79.1 Å². The molecule has 0 bridgehead atoms. The summed E-state index contributed by atoms with van der Waals surface area (Å²) in [6.07, 6.45) is 2.50. The monoisotopic (exact) mass is 578 g/mol. The molecule has 0 amide bonds. The van der Waals surface area contributed by atoms with E-state index in [4.69, 9.17) is 18.9 Å². The van der Waals surface area contributed by atoms with Crippen molar-refractivity contribution in [3.05, 3.63) is 11.6 Å². The van der Waals surface area contributed by atoms with Gasteiger partial charge in [0.1, 0.15) is 23.9 Å². The van der Waals surface area contributed by atoms with E-state index in [-0.39, 0.29) is 41.3 Å². The van der Waals surface area contributed by atoms with E-state index in [9.17, 15) is 25.5 Å². The van der Waals surface area contributed by atoms with Gasteiger partial charge < -0.3 is 44.5 Å². The SMILES string of the molecule is C[C@H]1CC[C@@]2(OC1)O[C@H]1C[C@H]3[C@H]4CC=C5C[C@@H](O)C[C@@H](O[C@@H]6OC[C@@H](O)[C@H](O)[C@H]6O)[C@]5(C)[C@@H]4CC[C@]3(C)[C@]1(O)[C@H]2C. The summed E-state index contributed by atoms with van der Waals surface area (Å²) in [6, 6.07) is 0. The lowest BCUT2D eigenvalue weighted by atomic mass is 9.45. The highest BCUT2D eigenvalue weighted by Gasteiger charge is 2.76. The Balaban J connectivity index is 1.17. The van der Waals surface area contributed by atoms with Crippen LogP contribution >= 0.6 is 0 Å². The molecular weight excluding hydrogens is 528 g/mol. The van der Waals surface area contributed by atoms with E-state index in [1.807, 2.05) is 0 Å². The molecular formula is C32H50O9. The van der Waals surface area contributed by atoms with Crippen molar-refractivity contribution in [1.29, 1.82) is 0 Å². The molecule has 0 aromatic heterocycles. The van der Waals surface area contributed by atoms with E-state index in [0.717, 1.165) is 38.5 Å². The zero-order chi connectivity index (χ0) is 29.1. The molecule has 1 spiro atoms. The van der Waals surface area contributed by atoms with Crippen LogP contribution in [0.3, 0.4) is 0 Å². The smallest absolute Gasteiger partial charge is 0.186 e. The molecule has 3 saturated carbocycles. The van der Waals surface area contributed by atoms with Crippen molar-refractivity contribution >= 4 is 0 Å². The molecule has 41 heavy (non-hydrogen) atoms. The number of aliphatic hydroxyl groups is 5. The minimum atomic E-state index is -1.37. The van der Waals surface area contributed by atoms with Crippen molar-refractivity contribution in [1.82, 2.24) is 0 Å². The van der Waals surface area contributed by atoms with Gasteiger partial charge in [0.15, 0.2) is 12.1 Å². The van der Waals surface area contributed by atoms with Crippen LogP contribution < -0.4 is 0 Å². The van der Waals surface area contributed by atoms with Gasteiger partial charge in [-0.2, -0.15) is 0 Å². The molecule has 0 radical (unpaired) electrons. The first kappa shape index (κ1) is 29.1. The molecule has 5 N–H and O–H groups in total. The van der Waals surface area contributed by atoms with Gasteiger partial charge in [0.25, 0.3) is 0 Å². The number of rotatable bonds is 2. The summed E-state index contributed by atoms with van der Waals surface area (Å²) in [5, 5.41) is 54.3. The number of hydrogen-bond donors (Lipinski definition) is 5. The van der Waals surface area contributed by atoms with Gasteiger partial charge in [0.2, 0.25) is 0 Å². The zero-order valence-corrected chi connectivity index (χ0v) is 24.9. The second-order valence-corrected chi connectivity index (χ2v) is 15.2. The van der Waals surface area contributed by atoms with Gasteiger partial charge in [-0.25, -0.2) is 0 Å². The summed E-state index contributed by atoms with van der Waals surface area (Å²) >= 11 is 0. The van der Waals surface area contributed by atoms with Crippen LogP contribution in [0, 0.1) is 40.4 Å². The molecule has 0 aromatic carbocycles. The number of allylic oxidation sites excluding steroid dienone is 1. The molecule has 16 atom stereocenters. The number of fused-ring (bicyclic) bond motifs is 7. The van der Waals surface area contributed by atoms with Gasteiger partial charge in [0.05, 0.1) is 31.5 Å². The lowest BCUT2D eigenvalue weighted by Crippen LogP contribution is -2.62. The van der Waals surface area contributed by atoms with Crippen molar-refractivity contribution in [3.63, 3.8) is 0 Å². The van der Waals surface area contributed by atoms with Crippen LogP contribution in [0.2, 0.25) is 0 Å². The van der Waals surface area contributed by atoms with E-state index in [1.165, 1.54) is 5.57 Å². The number of hydrogen-bond acceptors (Lipinski definition) is 9. The molecule has 9 heteroatoms. The maximum atomic E-state index is 12.6. The molecule has 3 heterocycles. The predicted molar refractivity (Wildman–Crippen MR) is 147 cm³/mol. The van der Waals surface area contributed by atoms with Crippen LogP contribution in [-0.2, 0) is 18.9 Å². The van der Waals surface area contributed by atoms with Crippen molar-refractivity contribution < 1.29 is 44.5 Å². The van der Waals surface area contributed by atoms with Crippen molar-refractivity contribution in [2.75, 3.05) is 13.2 Å². The lowest BCUT2D eigenvalue weighted by molar-refractivity contribution is -0.300. The number of ether oxygens (including phenoxy) is 4. The summed E-state index contributed by atoms with van der Waals surface area (Å²) in [4.78, 5) is 0. The maximum Gasteiger partial charge on any atom is 0.186 e. The fourth-order valence-electron chi connectivity index (χ4n) is 10.9. The van der Waals surface area contributed by atoms with Crippen molar-refractivity contribution in [2.45, 2.75) is 133 Å². The third-order valence-electron chi connectivity index (χ3n) is 13.4. The quantitative estimate of drug-likeness (QED) is 0.313. The molecule has 232 valence electrons. The second-order valence-electron chi connectivity index (χ2n) is 15.2. The Morgan fingerprint density at radius 3 is 2.46 bits per heavy atom. The Morgan fingerprint density at radius 1 is 0.951 bits per heavy atom. The van der Waals surface area contributed by atoms with Crippen LogP contribution in [0.4, 0.5) is 0 Å². The standard InChI is InChI=1S/C32H50O9/c1-16-7-10-31(39-14-16)17(2)32(37)25(41-31)13-22-20-6-5-18-11-19(33)12-24(30(18,4)21(20)8-9-29(22,32)3)40-28-27(36)26(35)23(34)15-38-28/h5,16-17,19-28,33-37H,6-15H2,1-4H3/t16-,17-,19+,20-,21+,22-,23+,24+,25-,26-,27+,28-,29-,30-,31+,32-/m0/s1. The fraction of sp³-hybridized carbons (Fsp3) is 0.938. The molecule has 9 nitrogen and oxygen atoms in total. The van der Waals surface area contributed by atoms with Gasteiger partial charge in [-0.1, -0.05) is 39.3 Å². The average Bonchev–Trinajstić information content (AvgIpc) is 3.29. The van der Waals surface area contributed by atoms with Crippen LogP contribution in [0.25, 0.3) is 0 Å². The van der Waals surface area contributed by atoms with Crippen LogP contribution in [0.15, 0.2) is 11.6 Å². The van der Waals surface area contributed by atoms with E-state index in [2.05, 4.69) is 33.8 Å². The molecule has 0 unspecified atom stereocenters.